The van der Waals surface area contributed by atoms with Crippen LogP contribution in [0, 0.1) is 28.1 Å². The zero-order valence-corrected chi connectivity index (χ0v) is 14.5. The van der Waals surface area contributed by atoms with Gasteiger partial charge in [0.1, 0.15) is 0 Å². The molecule has 3 rings (SSSR count). The molecule has 3 aliphatic rings. The third-order valence-electron chi connectivity index (χ3n) is 7.80. The van der Waals surface area contributed by atoms with Crippen LogP contribution in [0.1, 0.15) is 79.1 Å². The van der Waals surface area contributed by atoms with E-state index in [0.29, 0.717) is 16.2 Å². The van der Waals surface area contributed by atoms with Gasteiger partial charge in [-0.25, -0.2) is 0 Å². The normalized spacial score (nSPS) is 50.0. The number of hydrogen-bond donors (Lipinski definition) is 1. The summed E-state index contributed by atoms with van der Waals surface area (Å²) in [7, 11) is 0. The molecule has 0 aromatic carbocycles. The van der Waals surface area contributed by atoms with Crippen molar-refractivity contribution in [1.82, 2.24) is 0 Å². The third kappa shape index (κ3) is 2.31. The van der Waals surface area contributed by atoms with Crippen molar-refractivity contribution in [3.05, 3.63) is 12.2 Å². The summed E-state index contributed by atoms with van der Waals surface area (Å²) in [6, 6.07) is 0. The van der Waals surface area contributed by atoms with E-state index in [2.05, 4.69) is 34.3 Å². The highest BCUT2D eigenvalue weighted by molar-refractivity contribution is 5.14. The van der Waals surface area contributed by atoms with Crippen LogP contribution in [-0.2, 0) is 0 Å². The molecular formula is C20H34O. The van der Waals surface area contributed by atoms with Crippen molar-refractivity contribution in [1.29, 1.82) is 0 Å². The van der Waals surface area contributed by atoms with Gasteiger partial charge in [-0.2, -0.15) is 0 Å². The molecule has 5 atom stereocenters. The predicted molar refractivity (Wildman–Crippen MR) is 89.1 cm³/mol. The summed E-state index contributed by atoms with van der Waals surface area (Å²) in [5.41, 5.74) is 2.37. The van der Waals surface area contributed by atoms with Crippen LogP contribution in [-0.4, -0.2) is 11.2 Å². The lowest BCUT2D eigenvalue weighted by Crippen LogP contribution is -2.54. The van der Waals surface area contributed by atoms with Crippen LogP contribution in [0.3, 0.4) is 0 Å². The van der Waals surface area contributed by atoms with E-state index in [1.807, 2.05) is 0 Å². The molecule has 1 nitrogen and oxygen atoms in total. The fourth-order valence-electron chi connectivity index (χ4n) is 6.75. The molecular weight excluding hydrogens is 256 g/mol. The molecule has 0 unspecified atom stereocenters. The van der Waals surface area contributed by atoms with Crippen LogP contribution in [0.2, 0.25) is 0 Å². The first-order chi connectivity index (χ1) is 9.69. The summed E-state index contributed by atoms with van der Waals surface area (Å²) in [6.45, 7) is 14.2. The molecule has 0 spiro atoms. The first kappa shape index (κ1) is 15.6. The molecule has 0 saturated heterocycles. The van der Waals surface area contributed by atoms with Gasteiger partial charge in [-0.15, -0.1) is 0 Å². The molecule has 3 aliphatic carbocycles. The summed E-state index contributed by atoms with van der Waals surface area (Å²) in [5, 5.41) is 10.4. The molecule has 0 aromatic rings. The van der Waals surface area contributed by atoms with E-state index in [9.17, 15) is 5.11 Å². The van der Waals surface area contributed by atoms with Crippen molar-refractivity contribution in [2.24, 2.45) is 28.1 Å². The average molecular weight is 290 g/mol. The maximum atomic E-state index is 10.4. The minimum absolute atomic E-state index is 0.267. The van der Waals surface area contributed by atoms with Gasteiger partial charge in [-0.05, 0) is 78.6 Å². The van der Waals surface area contributed by atoms with E-state index < -0.39 is 0 Å². The van der Waals surface area contributed by atoms with E-state index in [1.54, 1.807) is 0 Å². The average Bonchev–Trinajstić information content (AvgIpc) is 2.46. The number of aliphatic hydroxyl groups is 1. The Bertz CT molecular complexity index is 437. The van der Waals surface area contributed by atoms with Crippen molar-refractivity contribution in [2.75, 3.05) is 0 Å². The summed E-state index contributed by atoms with van der Waals surface area (Å²) < 4.78 is 0. The first-order valence-corrected chi connectivity index (χ1v) is 9.05. The lowest BCUT2D eigenvalue weighted by atomic mass is 9.42. The summed E-state index contributed by atoms with van der Waals surface area (Å²) in [4.78, 5) is 0. The Kier molecular flexibility index (Phi) is 3.60. The Labute approximate surface area is 131 Å². The second kappa shape index (κ2) is 4.85. The topological polar surface area (TPSA) is 20.2 Å². The zero-order chi connectivity index (χ0) is 15.5. The summed E-state index contributed by atoms with van der Waals surface area (Å²) in [5.74, 6) is 1.62. The minimum Gasteiger partial charge on any atom is -0.389 e. The van der Waals surface area contributed by atoms with Crippen molar-refractivity contribution >= 4 is 0 Å². The van der Waals surface area contributed by atoms with Crippen molar-refractivity contribution in [3.8, 4) is 0 Å². The maximum absolute atomic E-state index is 10.4. The highest BCUT2D eigenvalue weighted by Gasteiger charge is 2.58. The molecule has 0 aliphatic heterocycles. The Hall–Kier alpha value is -0.300. The highest BCUT2D eigenvalue weighted by atomic mass is 16.3. The van der Waals surface area contributed by atoms with Crippen LogP contribution < -0.4 is 0 Å². The number of hydrogen-bond acceptors (Lipinski definition) is 1. The van der Waals surface area contributed by atoms with Crippen molar-refractivity contribution in [3.63, 3.8) is 0 Å². The monoisotopic (exact) mass is 290 g/mol. The Morgan fingerprint density at radius 1 is 1.00 bits per heavy atom. The van der Waals surface area contributed by atoms with Gasteiger partial charge in [-0.3, -0.25) is 0 Å². The number of rotatable bonds is 0. The minimum atomic E-state index is -0.267. The van der Waals surface area contributed by atoms with Gasteiger partial charge in [0, 0.05) is 0 Å². The third-order valence-corrected chi connectivity index (χ3v) is 7.80. The molecule has 1 N–H and O–H groups in total. The van der Waals surface area contributed by atoms with E-state index in [0.717, 1.165) is 30.3 Å². The quantitative estimate of drug-likeness (QED) is 0.597. The van der Waals surface area contributed by atoms with Crippen LogP contribution >= 0.6 is 0 Å². The standard InChI is InChI=1S/C20H34O/c1-14-7-8-17-19(4,13-15(14)21)12-9-16-18(2,3)10-6-11-20(16,17)5/h15-17,21H,1,6-13H2,2-5H3/t15-,16+,17+,19+,20+/m1/s1. The Morgan fingerprint density at radius 3 is 2.43 bits per heavy atom. The summed E-state index contributed by atoms with van der Waals surface area (Å²) in [6.07, 6.45) is 9.78. The van der Waals surface area contributed by atoms with Crippen LogP contribution in [0.4, 0.5) is 0 Å². The van der Waals surface area contributed by atoms with Gasteiger partial charge in [0.2, 0.25) is 0 Å². The molecule has 120 valence electrons. The molecule has 0 radical (unpaired) electrons. The molecule has 0 aromatic heterocycles. The molecule has 21 heavy (non-hydrogen) atoms. The van der Waals surface area contributed by atoms with Crippen LogP contribution in [0.25, 0.3) is 0 Å². The van der Waals surface area contributed by atoms with Crippen LogP contribution in [0.5, 0.6) is 0 Å². The maximum Gasteiger partial charge on any atom is 0.0752 e. The van der Waals surface area contributed by atoms with E-state index in [4.69, 9.17) is 0 Å². The van der Waals surface area contributed by atoms with Gasteiger partial charge in [0.05, 0.1) is 6.10 Å². The van der Waals surface area contributed by atoms with Crippen molar-refractivity contribution in [2.45, 2.75) is 85.2 Å². The Morgan fingerprint density at radius 2 is 1.71 bits per heavy atom. The van der Waals surface area contributed by atoms with Gasteiger partial charge in [0.25, 0.3) is 0 Å². The van der Waals surface area contributed by atoms with Crippen molar-refractivity contribution < 1.29 is 5.11 Å². The number of aliphatic hydroxyl groups excluding tert-OH is 1. The van der Waals surface area contributed by atoms with Crippen LogP contribution in [0.15, 0.2) is 12.2 Å². The number of fused-ring (bicyclic) bond motifs is 3. The van der Waals surface area contributed by atoms with Gasteiger partial charge < -0.3 is 5.11 Å². The second-order valence-electron chi connectivity index (χ2n) is 9.56. The molecule has 0 heterocycles. The highest BCUT2D eigenvalue weighted by Crippen LogP contribution is 2.66. The predicted octanol–water partition coefficient (Wildman–Crippen LogP) is 5.34. The van der Waals surface area contributed by atoms with Gasteiger partial charge in [0.15, 0.2) is 0 Å². The molecule has 3 fully saturated rings. The lowest BCUT2D eigenvalue weighted by molar-refractivity contribution is -0.135. The van der Waals surface area contributed by atoms with Gasteiger partial charge in [-0.1, -0.05) is 40.7 Å². The van der Waals surface area contributed by atoms with E-state index >= 15 is 0 Å². The van der Waals surface area contributed by atoms with Gasteiger partial charge >= 0.3 is 0 Å². The molecule has 0 bridgehead atoms. The first-order valence-electron chi connectivity index (χ1n) is 9.05. The zero-order valence-electron chi connectivity index (χ0n) is 14.5. The Balaban J connectivity index is 1.98. The second-order valence-corrected chi connectivity index (χ2v) is 9.56. The smallest absolute Gasteiger partial charge is 0.0752 e. The molecule has 1 heteroatoms. The SMILES string of the molecule is C=C1CC[C@H]2[C@@](C)(CC[C@H]3C(C)(C)CCC[C@@]32C)C[C@H]1O. The lowest BCUT2D eigenvalue weighted by Gasteiger charge is -2.62. The molecule has 0 amide bonds. The fourth-order valence-corrected chi connectivity index (χ4v) is 6.75. The van der Waals surface area contributed by atoms with E-state index in [1.165, 1.54) is 38.5 Å². The largest absolute Gasteiger partial charge is 0.389 e. The summed E-state index contributed by atoms with van der Waals surface area (Å²) >= 11 is 0. The van der Waals surface area contributed by atoms with E-state index in [-0.39, 0.29) is 6.10 Å². The fraction of sp³-hybridized carbons (Fsp3) is 0.900. The molecule has 3 saturated carbocycles.